The highest BCUT2D eigenvalue weighted by atomic mass is 35.5. The fraction of sp³-hybridized carbons (Fsp3) is 0.500. The van der Waals surface area contributed by atoms with Crippen molar-refractivity contribution in [1.29, 1.82) is 0 Å². The van der Waals surface area contributed by atoms with Crippen LogP contribution in [0.4, 0.5) is 10.3 Å². The summed E-state index contributed by atoms with van der Waals surface area (Å²) in [5, 5.41) is 0.0643. The Balaban J connectivity index is 2.11. The second-order valence-corrected chi connectivity index (χ2v) is 6.26. The van der Waals surface area contributed by atoms with Crippen LogP contribution in [0.25, 0.3) is 11.0 Å². The molecule has 0 aliphatic carbocycles. The van der Waals surface area contributed by atoms with E-state index in [1.807, 2.05) is 18.4 Å². The van der Waals surface area contributed by atoms with Gasteiger partial charge in [-0.05, 0) is 32.8 Å². The van der Waals surface area contributed by atoms with Crippen LogP contribution in [0.3, 0.4) is 0 Å². The molecule has 1 unspecified atom stereocenters. The Morgan fingerprint density at radius 3 is 2.95 bits per heavy atom. The number of imidazole rings is 1. The molecule has 1 fully saturated rings. The highest BCUT2D eigenvalue weighted by molar-refractivity contribution is 6.31. The normalized spacial score (nSPS) is 22.3. The standard InChI is InChI=1S/C14H17ClFN3O/c1-14(2)7-8(3-4-20-14)19-12-6-10(16)9(15)5-11(12)18-13(19)17/h5-6,8H,3-4,7H2,1-2H3,(H2,17,18). The van der Waals surface area contributed by atoms with Gasteiger partial charge in [-0.25, -0.2) is 9.37 Å². The van der Waals surface area contributed by atoms with Crippen LogP contribution in [0.15, 0.2) is 12.1 Å². The lowest BCUT2D eigenvalue weighted by Gasteiger charge is -2.36. The van der Waals surface area contributed by atoms with Crippen molar-refractivity contribution in [2.24, 2.45) is 0 Å². The zero-order chi connectivity index (χ0) is 14.5. The molecule has 108 valence electrons. The quantitative estimate of drug-likeness (QED) is 0.876. The van der Waals surface area contributed by atoms with Crippen LogP contribution in [-0.4, -0.2) is 21.8 Å². The van der Waals surface area contributed by atoms with Gasteiger partial charge in [-0.3, -0.25) is 0 Å². The van der Waals surface area contributed by atoms with Crippen molar-refractivity contribution in [1.82, 2.24) is 9.55 Å². The Morgan fingerprint density at radius 2 is 2.25 bits per heavy atom. The fourth-order valence-corrected chi connectivity index (χ4v) is 3.07. The van der Waals surface area contributed by atoms with Crippen LogP contribution in [0.1, 0.15) is 32.7 Å². The van der Waals surface area contributed by atoms with E-state index in [4.69, 9.17) is 22.1 Å². The van der Waals surface area contributed by atoms with Gasteiger partial charge >= 0.3 is 0 Å². The number of hydrogen-bond acceptors (Lipinski definition) is 3. The van der Waals surface area contributed by atoms with Gasteiger partial charge in [0.15, 0.2) is 0 Å². The van der Waals surface area contributed by atoms with Crippen molar-refractivity contribution >= 4 is 28.6 Å². The summed E-state index contributed by atoms with van der Waals surface area (Å²) in [4.78, 5) is 4.29. The highest BCUT2D eigenvalue weighted by Gasteiger charge is 2.31. The Bertz CT molecular complexity index is 668. The van der Waals surface area contributed by atoms with Crippen molar-refractivity contribution < 1.29 is 9.13 Å². The SMILES string of the molecule is CC1(C)CC(n2c(N)nc3cc(Cl)c(F)cc32)CCO1. The molecular weight excluding hydrogens is 281 g/mol. The molecule has 1 aromatic carbocycles. The molecule has 0 radical (unpaired) electrons. The topological polar surface area (TPSA) is 53.1 Å². The molecule has 0 amide bonds. The number of halogens is 2. The van der Waals surface area contributed by atoms with Gasteiger partial charge in [-0.1, -0.05) is 11.6 Å². The second kappa shape index (κ2) is 4.60. The van der Waals surface area contributed by atoms with Crippen LogP contribution in [0.5, 0.6) is 0 Å². The molecule has 0 spiro atoms. The minimum Gasteiger partial charge on any atom is -0.375 e. The summed E-state index contributed by atoms with van der Waals surface area (Å²) in [6, 6.07) is 3.08. The first-order valence-electron chi connectivity index (χ1n) is 6.64. The van der Waals surface area contributed by atoms with Gasteiger partial charge in [0.1, 0.15) is 5.82 Å². The number of nitrogens with zero attached hydrogens (tertiary/aromatic N) is 2. The molecule has 1 aliphatic rings. The van der Waals surface area contributed by atoms with Crippen molar-refractivity contribution in [3.63, 3.8) is 0 Å². The Hall–Kier alpha value is -1.33. The molecule has 3 rings (SSSR count). The number of fused-ring (bicyclic) bond motifs is 1. The summed E-state index contributed by atoms with van der Waals surface area (Å²) in [7, 11) is 0. The minimum absolute atomic E-state index is 0.0643. The Labute approximate surface area is 121 Å². The number of benzene rings is 1. The molecule has 0 bridgehead atoms. The average Bonchev–Trinajstić information content (AvgIpc) is 2.64. The zero-order valence-corrected chi connectivity index (χ0v) is 12.2. The summed E-state index contributed by atoms with van der Waals surface area (Å²) in [5.74, 6) is -0.0593. The Morgan fingerprint density at radius 1 is 1.50 bits per heavy atom. The largest absolute Gasteiger partial charge is 0.375 e. The first-order valence-corrected chi connectivity index (χ1v) is 7.01. The van der Waals surface area contributed by atoms with Gasteiger partial charge in [0.25, 0.3) is 0 Å². The number of nitrogens with two attached hydrogens (primary N) is 1. The molecule has 1 aromatic heterocycles. The molecule has 1 atom stereocenters. The van der Waals surface area contributed by atoms with Crippen molar-refractivity contribution in [3.05, 3.63) is 23.0 Å². The number of ether oxygens (including phenoxy) is 1. The van der Waals surface area contributed by atoms with Gasteiger partial charge in [-0.15, -0.1) is 0 Å². The van der Waals surface area contributed by atoms with E-state index in [1.54, 1.807) is 0 Å². The van der Waals surface area contributed by atoms with E-state index in [-0.39, 0.29) is 16.7 Å². The third-order valence-electron chi connectivity index (χ3n) is 3.80. The van der Waals surface area contributed by atoms with Gasteiger partial charge in [0, 0.05) is 18.7 Å². The van der Waals surface area contributed by atoms with E-state index in [9.17, 15) is 4.39 Å². The first kappa shape index (κ1) is 13.6. The van der Waals surface area contributed by atoms with E-state index in [0.29, 0.717) is 23.6 Å². The van der Waals surface area contributed by atoms with Crippen molar-refractivity contribution in [2.75, 3.05) is 12.3 Å². The second-order valence-electron chi connectivity index (χ2n) is 5.85. The van der Waals surface area contributed by atoms with Crippen LogP contribution in [-0.2, 0) is 4.74 Å². The average molecular weight is 298 g/mol. The summed E-state index contributed by atoms with van der Waals surface area (Å²) in [5.41, 5.74) is 7.12. The van der Waals surface area contributed by atoms with Crippen LogP contribution < -0.4 is 5.73 Å². The predicted molar refractivity (Wildman–Crippen MR) is 77.4 cm³/mol. The lowest BCUT2D eigenvalue weighted by Crippen LogP contribution is -2.35. The number of rotatable bonds is 1. The smallest absolute Gasteiger partial charge is 0.201 e. The molecule has 2 N–H and O–H groups in total. The molecule has 20 heavy (non-hydrogen) atoms. The van der Waals surface area contributed by atoms with Crippen LogP contribution in [0.2, 0.25) is 5.02 Å². The van der Waals surface area contributed by atoms with Gasteiger partial charge in [0.05, 0.1) is 21.7 Å². The van der Waals surface area contributed by atoms with E-state index < -0.39 is 5.82 Å². The summed E-state index contributed by atoms with van der Waals surface area (Å²) in [6.45, 7) is 4.75. The fourth-order valence-electron chi connectivity index (χ4n) is 2.91. The molecule has 2 heterocycles. The maximum Gasteiger partial charge on any atom is 0.201 e. The third-order valence-corrected chi connectivity index (χ3v) is 4.08. The van der Waals surface area contributed by atoms with E-state index in [0.717, 1.165) is 12.8 Å². The molecule has 4 nitrogen and oxygen atoms in total. The lowest BCUT2D eigenvalue weighted by molar-refractivity contribution is -0.0682. The Kier molecular flexibility index (Phi) is 3.14. The van der Waals surface area contributed by atoms with E-state index in [2.05, 4.69) is 4.98 Å². The van der Waals surface area contributed by atoms with Crippen LogP contribution >= 0.6 is 11.6 Å². The monoisotopic (exact) mass is 297 g/mol. The molecule has 0 saturated carbocycles. The number of hydrogen-bond donors (Lipinski definition) is 1. The van der Waals surface area contributed by atoms with Crippen molar-refractivity contribution in [2.45, 2.75) is 38.3 Å². The van der Waals surface area contributed by atoms with Gasteiger partial charge < -0.3 is 15.0 Å². The molecule has 6 heteroatoms. The van der Waals surface area contributed by atoms with Gasteiger partial charge in [0.2, 0.25) is 5.95 Å². The van der Waals surface area contributed by atoms with E-state index >= 15 is 0 Å². The predicted octanol–water partition coefficient (Wildman–Crippen LogP) is 3.54. The molecule has 2 aromatic rings. The molecule has 1 aliphatic heterocycles. The van der Waals surface area contributed by atoms with Crippen LogP contribution in [0, 0.1) is 5.82 Å². The zero-order valence-electron chi connectivity index (χ0n) is 11.5. The first-order chi connectivity index (χ1) is 9.37. The third kappa shape index (κ3) is 2.25. The number of aromatic nitrogens is 2. The molecular formula is C14H17ClFN3O. The van der Waals surface area contributed by atoms with Gasteiger partial charge in [-0.2, -0.15) is 0 Å². The number of anilines is 1. The summed E-state index contributed by atoms with van der Waals surface area (Å²) < 4.78 is 21.3. The maximum atomic E-state index is 13.7. The molecule has 1 saturated heterocycles. The van der Waals surface area contributed by atoms with E-state index in [1.165, 1.54) is 12.1 Å². The number of nitrogen functional groups attached to an aromatic ring is 1. The lowest BCUT2D eigenvalue weighted by atomic mass is 9.93. The summed E-state index contributed by atoms with van der Waals surface area (Å²) in [6.07, 6.45) is 1.65. The summed E-state index contributed by atoms with van der Waals surface area (Å²) >= 11 is 5.80. The minimum atomic E-state index is -0.452. The maximum absolute atomic E-state index is 13.7. The highest BCUT2D eigenvalue weighted by Crippen LogP contribution is 2.36. The van der Waals surface area contributed by atoms with Crippen molar-refractivity contribution in [3.8, 4) is 0 Å².